The van der Waals surface area contributed by atoms with Crippen LogP contribution in [0.2, 0.25) is 0 Å². The highest BCUT2D eigenvalue weighted by atomic mass is 16.3. The minimum Gasteiger partial charge on any atom is -0.390 e. The van der Waals surface area contributed by atoms with Crippen LogP contribution in [-0.4, -0.2) is 32.1 Å². The lowest BCUT2D eigenvalue weighted by molar-refractivity contribution is 0.275. The second-order valence-corrected chi connectivity index (χ2v) is 3.92. The number of rotatable bonds is 4. The first-order valence-electron chi connectivity index (χ1n) is 5.31. The Morgan fingerprint density at radius 2 is 2.18 bits per heavy atom. The van der Waals surface area contributed by atoms with Crippen LogP contribution in [0.3, 0.4) is 0 Å². The number of hydrogen-bond donors (Lipinski definition) is 1. The van der Waals surface area contributed by atoms with Crippen LogP contribution in [0.15, 0.2) is 24.5 Å². The minimum atomic E-state index is -0.0837. The predicted molar refractivity (Wildman–Crippen MR) is 63.3 cm³/mol. The molecule has 0 aromatic carbocycles. The summed E-state index contributed by atoms with van der Waals surface area (Å²) in [4.78, 5) is 1.98. The molecule has 0 atom stereocenters. The van der Waals surface area contributed by atoms with Gasteiger partial charge in [-0.2, -0.15) is 10.2 Å². The lowest BCUT2D eigenvalue weighted by Gasteiger charge is -2.16. The highest BCUT2D eigenvalue weighted by Gasteiger charge is 2.05. The average Bonchev–Trinajstić information content (AvgIpc) is 2.75. The first-order valence-corrected chi connectivity index (χ1v) is 5.31. The van der Waals surface area contributed by atoms with E-state index >= 15 is 0 Å². The summed E-state index contributed by atoms with van der Waals surface area (Å²) in [6.45, 7) is 0.639. The second-order valence-electron chi connectivity index (χ2n) is 3.92. The van der Waals surface area contributed by atoms with Gasteiger partial charge in [0.25, 0.3) is 0 Å². The number of anilines is 1. The van der Waals surface area contributed by atoms with Crippen LogP contribution in [0.4, 0.5) is 5.82 Å². The topological polar surface area (TPSA) is 67.1 Å². The van der Waals surface area contributed by atoms with Gasteiger partial charge < -0.3 is 10.0 Å². The van der Waals surface area contributed by atoms with E-state index in [1.54, 1.807) is 10.7 Å². The highest BCUT2D eigenvalue weighted by Crippen LogP contribution is 2.11. The van der Waals surface area contributed by atoms with Crippen molar-refractivity contribution in [1.29, 1.82) is 0 Å². The zero-order valence-corrected chi connectivity index (χ0v) is 9.91. The molecule has 90 valence electrons. The van der Waals surface area contributed by atoms with Gasteiger partial charge in [-0.05, 0) is 12.1 Å². The number of nitrogens with zero attached hydrogens (tertiary/aromatic N) is 5. The predicted octanol–water partition coefficient (Wildman–Crippen LogP) is 0.339. The van der Waals surface area contributed by atoms with E-state index in [1.165, 1.54) is 0 Å². The van der Waals surface area contributed by atoms with Gasteiger partial charge in [0.05, 0.1) is 18.5 Å². The molecule has 0 aliphatic heterocycles. The van der Waals surface area contributed by atoms with E-state index in [4.69, 9.17) is 5.11 Å². The maximum Gasteiger partial charge on any atom is 0.151 e. The van der Waals surface area contributed by atoms with Crippen molar-refractivity contribution in [3.8, 4) is 0 Å². The molecule has 0 bridgehead atoms. The Kier molecular flexibility index (Phi) is 3.34. The Hall–Kier alpha value is -1.95. The molecule has 0 aliphatic carbocycles. The average molecular weight is 233 g/mol. The molecular formula is C11H15N5O. The van der Waals surface area contributed by atoms with Crippen molar-refractivity contribution in [2.24, 2.45) is 7.05 Å². The molecule has 0 saturated carbocycles. The number of hydrogen-bond acceptors (Lipinski definition) is 5. The molecule has 2 rings (SSSR count). The smallest absolute Gasteiger partial charge is 0.151 e. The first kappa shape index (κ1) is 11.5. The number of aromatic nitrogens is 4. The molecule has 0 spiro atoms. The molecule has 0 amide bonds. The van der Waals surface area contributed by atoms with E-state index in [0.717, 1.165) is 17.9 Å². The largest absolute Gasteiger partial charge is 0.390 e. The Balaban J connectivity index is 2.06. The van der Waals surface area contributed by atoms with Crippen LogP contribution < -0.4 is 4.90 Å². The summed E-state index contributed by atoms with van der Waals surface area (Å²) in [7, 11) is 3.83. The lowest BCUT2D eigenvalue weighted by atomic mass is 10.3. The van der Waals surface area contributed by atoms with Crippen LogP contribution in [0, 0.1) is 0 Å². The van der Waals surface area contributed by atoms with Crippen molar-refractivity contribution in [2.75, 3.05) is 11.9 Å². The molecule has 6 heteroatoms. The van der Waals surface area contributed by atoms with Crippen molar-refractivity contribution >= 4 is 5.82 Å². The summed E-state index contributed by atoms with van der Waals surface area (Å²) in [5.74, 6) is 0.769. The van der Waals surface area contributed by atoms with Gasteiger partial charge in [0.1, 0.15) is 0 Å². The Labute approximate surface area is 99.5 Å². The fourth-order valence-corrected chi connectivity index (χ4v) is 1.55. The molecule has 6 nitrogen and oxygen atoms in total. The Morgan fingerprint density at radius 1 is 1.35 bits per heavy atom. The highest BCUT2D eigenvalue weighted by molar-refractivity contribution is 5.36. The van der Waals surface area contributed by atoms with Crippen molar-refractivity contribution in [3.05, 3.63) is 35.8 Å². The van der Waals surface area contributed by atoms with E-state index in [1.807, 2.05) is 37.5 Å². The zero-order chi connectivity index (χ0) is 12.3. The molecule has 0 saturated heterocycles. The van der Waals surface area contributed by atoms with Gasteiger partial charge in [0.2, 0.25) is 0 Å². The number of aliphatic hydroxyl groups is 1. The monoisotopic (exact) mass is 233 g/mol. The third-order valence-corrected chi connectivity index (χ3v) is 2.44. The SMILES string of the molecule is CN(Cc1cnn(C)c1)c1ccc(CO)nn1. The van der Waals surface area contributed by atoms with Crippen molar-refractivity contribution in [2.45, 2.75) is 13.2 Å². The summed E-state index contributed by atoms with van der Waals surface area (Å²) in [6, 6.07) is 3.61. The molecule has 1 N–H and O–H groups in total. The maximum atomic E-state index is 8.88. The van der Waals surface area contributed by atoms with Crippen LogP contribution in [0.25, 0.3) is 0 Å². The molecule has 2 heterocycles. The van der Waals surface area contributed by atoms with Crippen LogP contribution in [-0.2, 0) is 20.2 Å². The zero-order valence-electron chi connectivity index (χ0n) is 9.91. The van der Waals surface area contributed by atoms with Crippen LogP contribution in [0.1, 0.15) is 11.3 Å². The third kappa shape index (κ3) is 2.79. The van der Waals surface area contributed by atoms with E-state index in [2.05, 4.69) is 15.3 Å². The number of aryl methyl sites for hydroxylation is 1. The Morgan fingerprint density at radius 3 is 2.71 bits per heavy atom. The van der Waals surface area contributed by atoms with Crippen LogP contribution >= 0.6 is 0 Å². The van der Waals surface area contributed by atoms with Gasteiger partial charge >= 0.3 is 0 Å². The van der Waals surface area contributed by atoms with Gasteiger partial charge in [-0.1, -0.05) is 0 Å². The van der Waals surface area contributed by atoms with Gasteiger partial charge in [-0.15, -0.1) is 5.10 Å². The second kappa shape index (κ2) is 4.92. The molecule has 0 unspecified atom stereocenters. The Bertz CT molecular complexity index is 479. The van der Waals surface area contributed by atoms with Crippen LogP contribution in [0.5, 0.6) is 0 Å². The molecule has 0 aliphatic rings. The third-order valence-electron chi connectivity index (χ3n) is 2.44. The molecule has 2 aromatic heterocycles. The van der Waals surface area contributed by atoms with Gasteiger partial charge in [-0.25, -0.2) is 0 Å². The maximum absolute atomic E-state index is 8.88. The lowest BCUT2D eigenvalue weighted by Crippen LogP contribution is -2.18. The summed E-state index contributed by atoms with van der Waals surface area (Å²) in [5.41, 5.74) is 1.69. The quantitative estimate of drug-likeness (QED) is 0.824. The summed E-state index contributed by atoms with van der Waals surface area (Å²) in [5, 5.41) is 20.9. The van der Waals surface area contributed by atoms with Gasteiger partial charge in [0.15, 0.2) is 5.82 Å². The molecule has 0 fully saturated rings. The van der Waals surface area contributed by atoms with E-state index in [-0.39, 0.29) is 6.61 Å². The van der Waals surface area contributed by atoms with E-state index in [0.29, 0.717) is 5.69 Å². The standard InChI is InChI=1S/C11H15N5O/c1-15(6-9-5-12-16(2)7-9)11-4-3-10(8-17)13-14-11/h3-5,7,17H,6,8H2,1-2H3. The molecule has 2 aromatic rings. The van der Waals surface area contributed by atoms with E-state index in [9.17, 15) is 0 Å². The van der Waals surface area contributed by atoms with Crippen molar-refractivity contribution in [3.63, 3.8) is 0 Å². The number of aliphatic hydroxyl groups excluding tert-OH is 1. The summed E-state index contributed by atoms with van der Waals surface area (Å²) >= 11 is 0. The molecule has 17 heavy (non-hydrogen) atoms. The van der Waals surface area contributed by atoms with E-state index < -0.39 is 0 Å². The van der Waals surface area contributed by atoms with Gasteiger partial charge in [-0.3, -0.25) is 4.68 Å². The normalized spacial score (nSPS) is 10.5. The van der Waals surface area contributed by atoms with Gasteiger partial charge in [0, 0.05) is 32.4 Å². The molecular weight excluding hydrogens is 218 g/mol. The summed E-state index contributed by atoms with van der Waals surface area (Å²) < 4.78 is 1.77. The fourth-order valence-electron chi connectivity index (χ4n) is 1.55. The van der Waals surface area contributed by atoms with Crippen molar-refractivity contribution in [1.82, 2.24) is 20.0 Å². The fraction of sp³-hybridized carbons (Fsp3) is 0.364. The molecule has 0 radical (unpaired) electrons. The summed E-state index contributed by atoms with van der Waals surface area (Å²) in [6.07, 6.45) is 3.79. The van der Waals surface area contributed by atoms with Crippen molar-refractivity contribution < 1.29 is 5.11 Å². The first-order chi connectivity index (χ1) is 8.19. The minimum absolute atomic E-state index is 0.0837.